The Hall–Kier alpha value is -1.03. The lowest BCUT2D eigenvalue weighted by Gasteiger charge is -2.06. The van der Waals surface area contributed by atoms with Crippen LogP contribution in [0.4, 0.5) is 0 Å². The summed E-state index contributed by atoms with van der Waals surface area (Å²) >= 11 is 6.16. The second-order valence-electron chi connectivity index (χ2n) is 3.44. The zero-order chi connectivity index (χ0) is 12.0. The van der Waals surface area contributed by atoms with E-state index >= 15 is 0 Å². The molecule has 1 rings (SSSR count). The van der Waals surface area contributed by atoms with Crippen molar-refractivity contribution in [3.63, 3.8) is 0 Å². The quantitative estimate of drug-likeness (QED) is 0.571. The Labute approximate surface area is 101 Å². The second-order valence-corrected chi connectivity index (χ2v) is 3.97. The lowest BCUT2D eigenvalue weighted by Crippen LogP contribution is -2.04. The van der Waals surface area contributed by atoms with Gasteiger partial charge < -0.3 is 4.74 Å². The van der Waals surface area contributed by atoms with Gasteiger partial charge in [0.1, 0.15) is 0 Å². The highest BCUT2D eigenvalue weighted by molar-refractivity contribution is 6.20. The first-order valence-electron chi connectivity index (χ1n) is 5.49. The van der Waals surface area contributed by atoms with Gasteiger partial charge in [-0.2, -0.15) is 5.10 Å². The molecule has 0 saturated heterocycles. The van der Waals surface area contributed by atoms with Crippen LogP contribution in [0, 0.1) is 0 Å². The van der Waals surface area contributed by atoms with E-state index in [0.717, 1.165) is 12.1 Å². The Balaban J connectivity index is 2.40. The van der Waals surface area contributed by atoms with Gasteiger partial charge in [0.05, 0.1) is 18.2 Å². The monoisotopic (exact) mass is 244 g/mol. The van der Waals surface area contributed by atoms with Gasteiger partial charge in [0.2, 0.25) is 0 Å². The Kier molecular flexibility index (Phi) is 5.32. The maximum absolute atomic E-state index is 11.1. The van der Waals surface area contributed by atoms with Crippen LogP contribution in [-0.2, 0) is 16.1 Å². The molecule has 1 atom stereocenters. The molecule has 0 N–H and O–H groups in total. The van der Waals surface area contributed by atoms with Crippen molar-refractivity contribution in [2.45, 2.75) is 38.6 Å². The summed E-state index contributed by atoms with van der Waals surface area (Å²) in [6.45, 7) is 5.04. The molecule has 0 fully saturated rings. The summed E-state index contributed by atoms with van der Waals surface area (Å²) < 4.78 is 6.65. The van der Waals surface area contributed by atoms with Gasteiger partial charge in [0.15, 0.2) is 0 Å². The van der Waals surface area contributed by atoms with Crippen molar-refractivity contribution in [1.29, 1.82) is 0 Å². The largest absolute Gasteiger partial charge is 0.466 e. The second kappa shape index (κ2) is 6.53. The highest BCUT2D eigenvalue weighted by Gasteiger charge is 2.12. The maximum atomic E-state index is 11.1. The normalized spacial score (nSPS) is 12.4. The molecule has 1 aromatic heterocycles. The minimum Gasteiger partial charge on any atom is -0.466 e. The molecule has 0 aromatic carbocycles. The van der Waals surface area contributed by atoms with E-state index in [1.807, 2.05) is 17.8 Å². The number of hydrogen-bond donors (Lipinski definition) is 0. The number of halogens is 1. The van der Waals surface area contributed by atoms with Crippen molar-refractivity contribution < 1.29 is 9.53 Å². The molecular formula is C11H17ClN2O2. The number of esters is 1. The van der Waals surface area contributed by atoms with Gasteiger partial charge in [0, 0.05) is 24.7 Å². The molecule has 1 unspecified atom stereocenters. The van der Waals surface area contributed by atoms with E-state index in [1.54, 1.807) is 13.1 Å². The minimum atomic E-state index is -0.198. The standard InChI is InChI=1S/C11H17ClN2O2/c1-3-14-8-9(7-13-14)10(12)5-6-11(15)16-4-2/h7-8,10H,3-6H2,1-2H3. The molecule has 4 nitrogen and oxygen atoms in total. The highest BCUT2D eigenvalue weighted by Crippen LogP contribution is 2.25. The Bertz CT molecular complexity index is 338. The molecule has 0 saturated carbocycles. The molecule has 90 valence electrons. The third-order valence-corrected chi connectivity index (χ3v) is 2.72. The predicted octanol–water partition coefficient (Wildman–Crippen LogP) is 2.53. The summed E-state index contributed by atoms with van der Waals surface area (Å²) in [5.74, 6) is -0.198. The maximum Gasteiger partial charge on any atom is 0.305 e. The molecular weight excluding hydrogens is 228 g/mol. The molecule has 0 aliphatic rings. The number of carbonyl (C=O) groups excluding carboxylic acids is 1. The topological polar surface area (TPSA) is 44.1 Å². The molecule has 16 heavy (non-hydrogen) atoms. The van der Waals surface area contributed by atoms with E-state index in [-0.39, 0.29) is 11.3 Å². The highest BCUT2D eigenvalue weighted by atomic mass is 35.5. The molecule has 1 heterocycles. The average molecular weight is 245 g/mol. The number of ether oxygens (including phenoxy) is 1. The summed E-state index contributed by atoms with van der Waals surface area (Å²) in [6.07, 6.45) is 4.57. The fourth-order valence-electron chi connectivity index (χ4n) is 1.36. The first kappa shape index (κ1) is 13.0. The van der Waals surface area contributed by atoms with Crippen LogP contribution in [0.1, 0.15) is 37.6 Å². The van der Waals surface area contributed by atoms with Gasteiger partial charge in [-0.15, -0.1) is 11.6 Å². The van der Waals surface area contributed by atoms with E-state index in [0.29, 0.717) is 19.4 Å². The van der Waals surface area contributed by atoms with Crippen LogP contribution in [0.15, 0.2) is 12.4 Å². The molecule has 5 heteroatoms. The van der Waals surface area contributed by atoms with Crippen LogP contribution in [0.25, 0.3) is 0 Å². The molecule has 0 bridgehead atoms. The van der Waals surface area contributed by atoms with Crippen LogP contribution < -0.4 is 0 Å². The molecule has 0 aliphatic heterocycles. The van der Waals surface area contributed by atoms with Crippen LogP contribution in [-0.4, -0.2) is 22.4 Å². The van der Waals surface area contributed by atoms with Gasteiger partial charge >= 0.3 is 5.97 Å². The lowest BCUT2D eigenvalue weighted by molar-refractivity contribution is -0.143. The van der Waals surface area contributed by atoms with Crippen molar-refractivity contribution in [3.8, 4) is 0 Å². The summed E-state index contributed by atoms with van der Waals surface area (Å²) in [5.41, 5.74) is 0.952. The number of hydrogen-bond acceptors (Lipinski definition) is 3. The number of carbonyl (C=O) groups is 1. The molecule has 0 radical (unpaired) electrons. The van der Waals surface area contributed by atoms with Gasteiger partial charge in [-0.1, -0.05) is 0 Å². The van der Waals surface area contributed by atoms with Crippen LogP contribution in [0.5, 0.6) is 0 Å². The fourth-order valence-corrected chi connectivity index (χ4v) is 1.58. The average Bonchev–Trinajstić information content (AvgIpc) is 2.75. The lowest BCUT2D eigenvalue weighted by atomic mass is 10.1. The smallest absolute Gasteiger partial charge is 0.305 e. The first-order chi connectivity index (χ1) is 7.67. The van der Waals surface area contributed by atoms with Gasteiger partial charge in [-0.25, -0.2) is 0 Å². The first-order valence-corrected chi connectivity index (χ1v) is 5.93. The molecule has 0 aliphatic carbocycles. The summed E-state index contributed by atoms with van der Waals surface area (Å²) in [6, 6.07) is 0. The van der Waals surface area contributed by atoms with Crippen molar-refractivity contribution in [2.75, 3.05) is 6.61 Å². The van der Waals surface area contributed by atoms with Gasteiger partial charge in [0.25, 0.3) is 0 Å². The number of nitrogens with zero attached hydrogens (tertiary/aromatic N) is 2. The van der Waals surface area contributed by atoms with Crippen molar-refractivity contribution in [3.05, 3.63) is 18.0 Å². The van der Waals surface area contributed by atoms with Crippen molar-refractivity contribution in [2.24, 2.45) is 0 Å². The van der Waals surface area contributed by atoms with Crippen LogP contribution in [0.3, 0.4) is 0 Å². The zero-order valence-electron chi connectivity index (χ0n) is 9.65. The number of aryl methyl sites for hydroxylation is 1. The van der Waals surface area contributed by atoms with E-state index in [1.165, 1.54) is 0 Å². The zero-order valence-corrected chi connectivity index (χ0v) is 10.4. The van der Waals surface area contributed by atoms with Crippen LogP contribution >= 0.6 is 11.6 Å². The molecule has 0 spiro atoms. The fraction of sp³-hybridized carbons (Fsp3) is 0.636. The van der Waals surface area contributed by atoms with E-state index in [9.17, 15) is 4.79 Å². The molecule has 0 amide bonds. The van der Waals surface area contributed by atoms with Gasteiger partial charge in [-0.3, -0.25) is 9.48 Å². The Morgan fingerprint density at radius 2 is 2.38 bits per heavy atom. The number of rotatable bonds is 6. The predicted molar refractivity (Wildman–Crippen MR) is 62.4 cm³/mol. The number of alkyl halides is 1. The SMILES string of the molecule is CCOC(=O)CCC(Cl)c1cnn(CC)c1. The Morgan fingerprint density at radius 3 is 2.94 bits per heavy atom. The summed E-state index contributed by atoms with van der Waals surface area (Å²) in [7, 11) is 0. The van der Waals surface area contributed by atoms with Crippen LogP contribution in [0.2, 0.25) is 0 Å². The minimum absolute atomic E-state index is 0.176. The third kappa shape index (κ3) is 3.85. The van der Waals surface area contributed by atoms with E-state index in [4.69, 9.17) is 16.3 Å². The van der Waals surface area contributed by atoms with E-state index < -0.39 is 0 Å². The third-order valence-electron chi connectivity index (χ3n) is 2.25. The molecule has 1 aromatic rings. The summed E-state index contributed by atoms with van der Waals surface area (Å²) in [4.78, 5) is 11.1. The van der Waals surface area contributed by atoms with Crippen molar-refractivity contribution in [1.82, 2.24) is 9.78 Å². The number of aromatic nitrogens is 2. The van der Waals surface area contributed by atoms with Gasteiger partial charge in [-0.05, 0) is 20.3 Å². The summed E-state index contributed by atoms with van der Waals surface area (Å²) in [5, 5.41) is 3.96. The van der Waals surface area contributed by atoms with Crippen molar-refractivity contribution >= 4 is 17.6 Å². The Morgan fingerprint density at radius 1 is 1.62 bits per heavy atom. The van der Waals surface area contributed by atoms with E-state index in [2.05, 4.69) is 5.10 Å².